The van der Waals surface area contributed by atoms with Crippen LogP contribution in [0, 0.1) is 28.6 Å². The number of nitriles is 1. The summed E-state index contributed by atoms with van der Waals surface area (Å²) in [5.41, 5.74) is 1.54. The summed E-state index contributed by atoms with van der Waals surface area (Å²) in [6, 6.07) is 2.17. The van der Waals surface area contributed by atoms with E-state index in [0.717, 1.165) is 19.3 Å². The van der Waals surface area contributed by atoms with E-state index >= 15 is 0 Å². The van der Waals surface area contributed by atoms with E-state index in [1.807, 2.05) is 0 Å². The highest BCUT2D eigenvalue weighted by Gasteiger charge is 2.47. The zero-order valence-corrected chi connectivity index (χ0v) is 11.3. The fourth-order valence-corrected chi connectivity index (χ4v) is 3.03. The van der Waals surface area contributed by atoms with Crippen molar-refractivity contribution in [3.05, 3.63) is 12.2 Å². The highest BCUT2D eigenvalue weighted by molar-refractivity contribution is 5.75. The molecule has 0 N–H and O–H groups in total. The Morgan fingerprint density at radius 1 is 1.47 bits per heavy atom. The molecule has 1 rings (SSSR count). The van der Waals surface area contributed by atoms with E-state index in [2.05, 4.69) is 26.5 Å². The van der Waals surface area contributed by atoms with Crippen molar-refractivity contribution in [1.29, 1.82) is 5.26 Å². The Balaban J connectivity index is 2.54. The molecular weight excluding hydrogens is 210 g/mol. The second kappa shape index (κ2) is 5.49. The molecule has 0 saturated heterocycles. The third-order valence-electron chi connectivity index (χ3n) is 4.13. The number of hydrogen-bond donors (Lipinski definition) is 0. The summed E-state index contributed by atoms with van der Waals surface area (Å²) < 4.78 is 0. The third kappa shape index (κ3) is 3.43. The van der Waals surface area contributed by atoms with Gasteiger partial charge in [0.1, 0.15) is 5.78 Å². The molecule has 94 valence electrons. The lowest BCUT2D eigenvalue weighted by molar-refractivity contribution is -0.118. The summed E-state index contributed by atoms with van der Waals surface area (Å²) >= 11 is 0. The smallest absolute Gasteiger partial charge is 0.129 e. The van der Waals surface area contributed by atoms with Crippen LogP contribution < -0.4 is 0 Å². The molecule has 2 atom stereocenters. The molecule has 0 aromatic heterocycles. The van der Waals surface area contributed by atoms with Crippen molar-refractivity contribution >= 4 is 5.78 Å². The molecule has 0 amide bonds. The van der Waals surface area contributed by atoms with E-state index in [1.165, 1.54) is 5.57 Å². The number of ketones is 1. The SMILES string of the molecule is C=C(CCC#N)[C@@H]1CC(C)(C)[C@@H]1CCC(C)=O. The Morgan fingerprint density at radius 3 is 2.59 bits per heavy atom. The summed E-state index contributed by atoms with van der Waals surface area (Å²) in [4.78, 5) is 11.1. The van der Waals surface area contributed by atoms with E-state index in [4.69, 9.17) is 5.26 Å². The van der Waals surface area contributed by atoms with Crippen molar-refractivity contribution in [3.8, 4) is 6.07 Å². The lowest BCUT2D eigenvalue weighted by atomic mass is 9.52. The third-order valence-corrected chi connectivity index (χ3v) is 4.13. The summed E-state index contributed by atoms with van der Waals surface area (Å²) in [5.74, 6) is 1.37. The number of carbonyl (C=O) groups is 1. The van der Waals surface area contributed by atoms with Crippen LogP contribution in [0.4, 0.5) is 0 Å². The van der Waals surface area contributed by atoms with Crippen LogP contribution in [0.3, 0.4) is 0 Å². The number of Topliss-reactive ketones (excluding diaryl/α,β-unsaturated/α-hetero) is 1. The van der Waals surface area contributed by atoms with Gasteiger partial charge in [0.15, 0.2) is 0 Å². The Kier molecular flexibility index (Phi) is 4.51. The quantitative estimate of drug-likeness (QED) is 0.653. The van der Waals surface area contributed by atoms with Crippen LogP contribution in [-0.4, -0.2) is 5.78 Å². The van der Waals surface area contributed by atoms with E-state index in [9.17, 15) is 4.79 Å². The highest BCUT2D eigenvalue weighted by atomic mass is 16.1. The molecule has 0 aromatic carbocycles. The van der Waals surface area contributed by atoms with Gasteiger partial charge in [0.05, 0.1) is 6.07 Å². The Labute approximate surface area is 105 Å². The summed E-state index contributed by atoms with van der Waals surface area (Å²) in [5, 5.41) is 8.60. The fourth-order valence-electron chi connectivity index (χ4n) is 3.03. The first-order valence-electron chi connectivity index (χ1n) is 6.42. The van der Waals surface area contributed by atoms with E-state index in [0.29, 0.717) is 30.1 Å². The molecule has 1 aliphatic rings. The predicted molar refractivity (Wildman–Crippen MR) is 69.3 cm³/mol. The first kappa shape index (κ1) is 14.0. The second-order valence-corrected chi connectivity index (χ2v) is 5.96. The summed E-state index contributed by atoms with van der Waals surface area (Å²) in [6.07, 6.45) is 4.18. The summed E-state index contributed by atoms with van der Waals surface area (Å²) in [6.45, 7) is 10.3. The van der Waals surface area contributed by atoms with Gasteiger partial charge < -0.3 is 4.79 Å². The van der Waals surface area contributed by atoms with E-state index < -0.39 is 0 Å². The maximum Gasteiger partial charge on any atom is 0.129 e. The van der Waals surface area contributed by atoms with Crippen molar-refractivity contribution in [3.63, 3.8) is 0 Å². The minimum Gasteiger partial charge on any atom is -0.300 e. The van der Waals surface area contributed by atoms with Gasteiger partial charge >= 0.3 is 0 Å². The predicted octanol–water partition coefficient (Wildman–Crippen LogP) is 3.88. The molecule has 0 bridgehead atoms. The van der Waals surface area contributed by atoms with E-state index in [-0.39, 0.29) is 5.78 Å². The second-order valence-electron chi connectivity index (χ2n) is 5.96. The van der Waals surface area contributed by atoms with Crippen molar-refractivity contribution < 1.29 is 4.79 Å². The Hall–Kier alpha value is -1.10. The van der Waals surface area contributed by atoms with Gasteiger partial charge in [-0.25, -0.2) is 0 Å². The molecule has 0 spiro atoms. The number of rotatable bonds is 6. The van der Waals surface area contributed by atoms with Gasteiger partial charge in [-0.2, -0.15) is 5.26 Å². The van der Waals surface area contributed by atoms with E-state index in [1.54, 1.807) is 6.92 Å². The molecule has 0 aromatic rings. The molecule has 17 heavy (non-hydrogen) atoms. The standard InChI is InChI=1S/C15H23NO/c1-11(6-5-9-16)13-10-15(3,4)14(13)8-7-12(2)17/h13-14H,1,5-8,10H2,2-4H3/t13-,14+/m0/s1. The maximum atomic E-state index is 11.1. The molecule has 2 heteroatoms. The fraction of sp³-hybridized carbons (Fsp3) is 0.733. The number of hydrogen-bond acceptors (Lipinski definition) is 2. The van der Waals surface area contributed by atoms with Gasteiger partial charge in [0.25, 0.3) is 0 Å². The van der Waals surface area contributed by atoms with Gasteiger partial charge in [-0.05, 0) is 43.4 Å². The van der Waals surface area contributed by atoms with Crippen LogP contribution >= 0.6 is 0 Å². The van der Waals surface area contributed by atoms with Crippen LogP contribution in [0.1, 0.15) is 52.9 Å². The lowest BCUT2D eigenvalue weighted by Crippen LogP contribution is -2.44. The number of allylic oxidation sites excluding steroid dienone is 1. The minimum atomic E-state index is 0.272. The maximum absolute atomic E-state index is 11.1. The average molecular weight is 233 g/mol. The summed E-state index contributed by atoms with van der Waals surface area (Å²) in [7, 11) is 0. The topological polar surface area (TPSA) is 40.9 Å². The highest BCUT2D eigenvalue weighted by Crippen LogP contribution is 2.55. The normalized spacial score (nSPS) is 25.8. The van der Waals surface area contributed by atoms with Gasteiger partial charge in [-0.1, -0.05) is 26.0 Å². The molecule has 1 aliphatic carbocycles. The van der Waals surface area contributed by atoms with Crippen LogP contribution in [0.2, 0.25) is 0 Å². The van der Waals surface area contributed by atoms with Crippen molar-refractivity contribution in [2.45, 2.75) is 52.9 Å². The molecular formula is C15H23NO. The zero-order valence-electron chi connectivity index (χ0n) is 11.3. The molecule has 0 unspecified atom stereocenters. The molecule has 1 saturated carbocycles. The van der Waals surface area contributed by atoms with Crippen LogP contribution in [-0.2, 0) is 4.79 Å². The molecule has 1 fully saturated rings. The Bertz CT molecular complexity index is 348. The van der Waals surface area contributed by atoms with Crippen molar-refractivity contribution in [2.24, 2.45) is 17.3 Å². The molecule has 2 nitrogen and oxygen atoms in total. The Morgan fingerprint density at radius 2 is 2.12 bits per heavy atom. The van der Waals surface area contributed by atoms with Crippen molar-refractivity contribution in [1.82, 2.24) is 0 Å². The van der Waals surface area contributed by atoms with Gasteiger partial charge in [0, 0.05) is 12.8 Å². The van der Waals surface area contributed by atoms with Gasteiger partial charge in [0.2, 0.25) is 0 Å². The van der Waals surface area contributed by atoms with Crippen molar-refractivity contribution in [2.75, 3.05) is 0 Å². The first-order chi connectivity index (χ1) is 7.88. The van der Waals surface area contributed by atoms with Crippen LogP contribution in [0.25, 0.3) is 0 Å². The lowest BCUT2D eigenvalue weighted by Gasteiger charge is -2.53. The monoisotopic (exact) mass is 233 g/mol. The average Bonchev–Trinajstić information content (AvgIpc) is 2.22. The van der Waals surface area contributed by atoms with Crippen LogP contribution in [0.15, 0.2) is 12.2 Å². The minimum absolute atomic E-state index is 0.272. The zero-order chi connectivity index (χ0) is 13.1. The van der Waals surface area contributed by atoms with Gasteiger partial charge in [-0.15, -0.1) is 0 Å². The first-order valence-corrected chi connectivity index (χ1v) is 6.42. The number of nitrogens with zero attached hydrogens (tertiary/aromatic N) is 1. The number of carbonyl (C=O) groups excluding carboxylic acids is 1. The molecule has 0 radical (unpaired) electrons. The molecule has 0 aliphatic heterocycles. The van der Waals surface area contributed by atoms with Crippen LogP contribution in [0.5, 0.6) is 0 Å². The molecule has 0 heterocycles. The largest absolute Gasteiger partial charge is 0.300 e. The van der Waals surface area contributed by atoms with Gasteiger partial charge in [-0.3, -0.25) is 0 Å².